The van der Waals surface area contributed by atoms with Crippen molar-refractivity contribution in [2.75, 3.05) is 39.8 Å². The fraction of sp³-hybridized carbons (Fsp3) is 0.850. The third-order valence-corrected chi connectivity index (χ3v) is 15.1. The zero-order chi connectivity index (χ0) is 35.0. The normalized spacial score (nSPS) is 40.6. The highest BCUT2D eigenvalue weighted by molar-refractivity contribution is 6.07. The Morgan fingerprint density at radius 3 is 2.21 bits per heavy atom. The number of allylic oxidation sites excluding steroid dienone is 2. The van der Waals surface area contributed by atoms with Gasteiger partial charge in [-0.25, -0.2) is 0 Å². The summed E-state index contributed by atoms with van der Waals surface area (Å²) in [6.45, 7) is 19.0. The van der Waals surface area contributed by atoms with Crippen LogP contribution in [-0.4, -0.2) is 84.3 Å². The highest BCUT2D eigenvalue weighted by Crippen LogP contribution is 2.71. The second-order valence-electron chi connectivity index (χ2n) is 18.5. The molecule has 6 aliphatic rings. The number of fused-ring (bicyclic) bond motifs is 7. The van der Waals surface area contributed by atoms with Crippen LogP contribution >= 0.6 is 0 Å². The van der Waals surface area contributed by atoms with E-state index in [-0.39, 0.29) is 41.0 Å². The third-order valence-electron chi connectivity index (χ3n) is 15.1. The predicted molar refractivity (Wildman–Crippen MR) is 185 cm³/mol. The molecule has 0 bridgehead atoms. The molecule has 1 saturated heterocycles. The maximum atomic E-state index is 14.5. The van der Waals surface area contributed by atoms with Gasteiger partial charge in [0.2, 0.25) is 0 Å². The fourth-order valence-corrected chi connectivity index (χ4v) is 12.4. The number of piperazine rings is 1. The Balaban J connectivity index is 1.23. The summed E-state index contributed by atoms with van der Waals surface area (Å²) in [5, 5.41) is 9.53. The lowest BCUT2D eigenvalue weighted by Crippen LogP contribution is -2.61. The molecule has 6 rings (SSSR count). The average molecular weight is 667 g/mol. The summed E-state index contributed by atoms with van der Waals surface area (Å²) in [7, 11) is 2.14. The molecule has 5 aliphatic carbocycles. The topological polar surface area (TPSA) is 104 Å². The van der Waals surface area contributed by atoms with Gasteiger partial charge in [0.15, 0.2) is 11.6 Å². The van der Waals surface area contributed by atoms with Gasteiger partial charge >= 0.3 is 11.9 Å². The van der Waals surface area contributed by atoms with Gasteiger partial charge in [0.05, 0.1) is 23.8 Å². The largest absolute Gasteiger partial charge is 0.481 e. The Bertz CT molecular complexity index is 1360. The minimum Gasteiger partial charge on any atom is -0.481 e. The molecule has 0 aromatic rings. The van der Waals surface area contributed by atoms with Gasteiger partial charge in [-0.05, 0) is 130 Å². The van der Waals surface area contributed by atoms with Gasteiger partial charge in [-0.15, -0.1) is 0 Å². The van der Waals surface area contributed by atoms with Gasteiger partial charge < -0.3 is 14.7 Å². The fourth-order valence-electron chi connectivity index (χ4n) is 12.4. The number of likely N-dealkylation sites (N-methyl/N-ethyl adjacent to an activating group) is 1. The number of carboxylic acid groups (broad SMARTS) is 1. The monoisotopic (exact) mass is 666 g/mol. The first-order chi connectivity index (χ1) is 22.4. The summed E-state index contributed by atoms with van der Waals surface area (Å²) in [6, 6.07) is 0. The highest BCUT2D eigenvalue weighted by atomic mass is 16.5. The summed E-state index contributed by atoms with van der Waals surface area (Å²) in [5.41, 5.74) is 0.760. The molecule has 1 heterocycles. The first-order valence-corrected chi connectivity index (χ1v) is 19.1. The number of hydrogen-bond acceptors (Lipinski definition) is 7. The Kier molecular flexibility index (Phi) is 9.40. The highest BCUT2D eigenvalue weighted by Gasteiger charge is 2.66. The van der Waals surface area contributed by atoms with Crippen LogP contribution in [0.25, 0.3) is 0 Å². The van der Waals surface area contributed by atoms with E-state index in [1.807, 2.05) is 0 Å². The number of ketones is 2. The molecule has 1 N–H and O–H groups in total. The van der Waals surface area contributed by atoms with Gasteiger partial charge in [0, 0.05) is 32.6 Å². The number of carbonyl (C=O) groups is 4. The molecule has 0 radical (unpaired) electrons. The first kappa shape index (κ1) is 35.8. The van der Waals surface area contributed by atoms with Gasteiger partial charge in [0.25, 0.3) is 0 Å². The number of carbonyl (C=O) groups excluding carboxylic acids is 3. The SMILES string of the molecule is CC(C)C1=C2C3CCC4C(C)(CCC5C(C)C(OC(=O)CC(C)(C)C(=O)O)CCC54C)C3CCC2(C(=O)CN2CCN(C)CC2)CC1=O. The lowest BCUT2D eigenvalue weighted by atomic mass is 9.38. The number of aliphatic carboxylic acids is 1. The van der Waals surface area contributed by atoms with Crippen LogP contribution in [0.1, 0.15) is 113 Å². The number of carboxylic acids is 1. The van der Waals surface area contributed by atoms with Crippen LogP contribution in [0, 0.1) is 57.2 Å². The number of ether oxygens (including phenoxy) is 1. The van der Waals surface area contributed by atoms with Gasteiger partial charge in [-0.1, -0.05) is 34.6 Å². The van der Waals surface area contributed by atoms with Gasteiger partial charge in [-0.3, -0.25) is 24.1 Å². The molecule has 268 valence electrons. The van der Waals surface area contributed by atoms with Crippen molar-refractivity contribution in [1.29, 1.82) is 0 Å². The molecule has 8 heteroatoms. The van der Waals surface area contributed by atoms with Crippen molar-refractivity contribution in [3.05, 3.63) is 11.1 Å². The van der Waals surface area contributed by atoms with E-state index in [2.05, 4.69) is 51.5 Å². The Labute approximate surface area is 288 Å². The maximum Gasteiger partial charge on any atom is 0.309 e. The summed E-state index contributed by atoms with van der Waals surface area (Å²) < 4.78 is 6.04. The summed E-state index contributed by atoms with van der Waals surface area (Å²) in [5.74, 6) is 1.23. The molecule has 1 aliphatic heterocycles. The second kappa shape index (κ2) is 12.6. The van der Waals surface area contributed by atoms with Crippen molar-refractivity contribution in [3.8, 4) is 0 Å². The van der Waals surface area contributed by atoms with Crippen molar-refractivity contribution in [1.82, 2.24) is 9.80 Å². The molecule has 0 aromatic carbocycles. The quantitative estimate of drug-likeness (QED) is 0.296. The molecule has 4 saturated carbocycles. The second-order valence-corrected chi connectivity index (χ2v) is 18.5. The summed E-state index contributed by atoms with van der Waals surface area (Å²) >= 11 is 0. The van der Waals surface area contributed by atoms with Crippen molar-refractivity contribution in [3.63, 3.8) is 0 Å². The molecule has 48 heavy (non-hydrogen) atoms. The maximum absolute atomic E-state index is 14.5. The summed E-state index contributed by atoms with van der Waals surface area (Å²) in [4.78, 5) is 57.5. The smallest absolute Gasteiger partial charge is 0.309 e. The molecular weight excluding hydrogens is 604 g/mol. The predicted octanol–water partition coefficient (Wildman–Crippen LogP) is 6.42. The van der Waals surface area contributed by atoms with Gasteiger partial charge in [-0.2, -0.15) is 0 Å². The molecule has 9 unspecified atom stereocenters. The molecular formula is C40H62N2O6. The van der Waals surface area contributed by atoms with E-state index >= 15 is 0 Å². The zero-order valence-corrected chi connectivity index (χ0v) is 31.0. The van der Waals surface area contributed by atoms with Crippen LogP contribution in [0.3, 0.4) is 0 Å². The minimum atomic E-state index is -1.14. The van der Waals surface area contributed by atoms with Crippen LogP contribution in [0.5, 0.6) is 0 Å². The Morgan fingerprint density at radius 1 is 0.938 bits per heavy atom. The third kappa shape index (κ3) is 5.73. The molecule has 0 spiro atoms. The first-order valence-electron chi connectivity index (χ1n) is 19.1. The number of rotatable bonds is 8. The lowest BCUT2D eigenvalue weighted by molar-refractivity contribution is -0.192. The van der Waals surface area contributed by atoms with E-state index in [0.717, 1.165) is 83.1 Å². The molecule has 8 nitrogen and oxygen atoms in total. The van der Waals surface area contributed by atoms with E-state index in [1.165, 1.54) is 5.57 Å². The van der Waals surface area contributed by atoms with Crippen LogP contribution in [0.2, 0.25) is 0 Å². The number of Topliss-reactive ketones (excluding diaryl/α,β-unsaturated/α-hetero) is 2. The number of esters is 1. The number of nitrogens with zero attached hydrogens (tertiary/aromatic N) is 2. The van der Waals surface area contributed by atoms with Crippen LogP contribution in [0.15, 0.2) is 11.1 Å². The van der Waals surface area contributed by atoms with Crippen LogP contribution in [-0.2, 0) is 23.9 Å². The molecule has 0 amide bonds. The average Bonchev–Trinajstić information content (AvgIpc) is 3.33. The lowest BCUT2D eigenvalue weighted by Gasteiger charge is -2.67. The summed E-state index contributed by atoms with van der Waals surface area (Å²) in [6.07, 6.45) is 8.10. The van der Waals surface area contributed by atoms with E-state index in [4.69, 9.17) is 4.74 Å². The van der Waals surface area contributed by atoms with E-state index < -0.39 is 22.8 Å². The van der Waals surface area contributed by atoms with Crippen LogP contribution in [0.4, 0.5) is 0 Å². The van der Waals surface area contributed by atoms with Gasteiger partial charge in [0.1, 0.15) is 6.10 Å². The standard InChI is InChI=1S/C40H62N2O6/c1-24(2)34-29(43)21-40(32(44)23-42-19-17-41(8)18-20-42)16-12-28-26(35(34)40)9-10-31-38(6)15-13-30(25(3)27(38)11-14-39(28,31)7)48-33(45)22-37(4,5)36(46)47/h24-28,30-31H,9-23H2,1-8H3,(H,46,47). The zero-order valence-electron chi connectivity index (χ0n) is 31.0. The minimum absolute atomic E-state index is 0.118. The molecule has 5 fully saturated rings. The van der Waals surface area contributed by atoms with E-state index in [1.54, 1.807) is 13.8 Å². The molecule has 9 atom stereocenters. The van der Waals surface area contributed by atoms with Crippen molar-refractivity contribution < 1.29 is 29.0 Å². The van der Waals surface area contributed by atoms with Crippen molar-refractivity contribution >= 4 is 23.5 Å². The number of hydrogen-bond donors (Lipinski definition) is 1. The van der Waals surface area contributed by atoms with E-state index in [0.29, 0.717) is 42.4 Å². The van der Waals surface area contributed by atoms with E-state index in [9.17, 15) is 24.3 Å². The van der Waals surface area contributed by atoms with Crippen molar-refractivity contribution in [2.24, 2.45) is 57.2 Å². The van der Waals surface area contributed by atoms with Crippen LogP contribution < -0.4 is 0 Å². The van der Waals surface area contributed by atoms with Crippen molar-refractivity contribution in [2.45, 2.75) is 119 Å². The Morgan fingerprint density at radius 2 is 1.56 bits per heavy atom. The Hall–Kier alpha value is -2.06. The molecule has 0 aromatic heterocycles.